The Morgan fingerprint density at radius 3 is 2.41 bits per heavy atom. The lowest BCUT2D eigenvalue weighted by Gasteiger charge is -2.10. The highest BCUT2D eigenvalue weighted by molar-refractivity contribution is 6.09. The third-order valence-corrected chi connectivity index (χ3v) is 6.60. The molecule has 0 radical (unpaired) electrons. The number of nitrogens with one attached hydrogen (secondary N) is 1. The number of amides is 1. The van der Waals surface area contributed by atoms with Crippen LogP contribution in [-0.2, 0) is 20.5 Å². The molecule has 9 nitrogen and oxygen atoms in total. The smallest absolute Gasteiger partial charge is 0.350 e. The summed E-state index contributed by atoms with van der Waals surface area (Å²) in [6.07, 6.45) is 1.63. The van der Waals surface area contributed by atoms with Crippen LogP contribution in [0.5, 0.6) is 0 Å². The summed E-state index contributed by atoms with van der Waals surface area (Å²) < 4.78 is 4.48. The van der Waals surface area contributed by atoms with Gasteiger partial charge < -0.3 is 5.32 Å². The summed E-state index contributed by atoms with van der Waals surface area (Å²) in [7, 11) is 5.01. The summed E-state index contributed by atoms with van der Waals surface area (Å²) in [4.78, 5) is 37.6. The lowest BCUT2D eigenvalue weighted by Crippen LogP contribution is -2.21. The van der Waals surface area contributed by atoms with Crippen LogP contribution in [0.3, 0.4) is 0 Å². The molecule has 3 aromatic carbocycles. The molecular formula is C28H26N6O3. The molecule has 5 rings (SSSR count). The number of rotatable bonds is 6. The predicted molar refractivity (Wildman–Crippen MR) is 141 cm³/mol. The van der Waals surface area contributed by atoms with Crippen LogP contribution >= 0.6 is 0 Å². The molecule has 0 bridgehead atoms. The van der Waals surface area contributed by atoms with Gasteiger partial charge >= 0.3 is 5.69 Å². The molecule has 0 spiro atoms. The minimum atomic E-state index is -0.218. The zero-order valence-electron chi connectivity index (χ0n) is 21.0. The Balaban J connectivity index is 1.51. The van der Waals surface area contributed by atoms with E-state index in [0.717, 1.165) is 38.8 Å². The van der Waals surface area contributed by atoms with Gasteiger partial charge in [0.2, 0.25) is 0 Å². The number of nitrogens with zero attached hydrogens (tertiary/aromatic N) is 5. The van der Waals surface area contributed by atoms with Gasteiger partial charge in [0.25, 0.3) is 5.91 Å². The minimum absolute atomic E-state index is 0.119. The maximum absolute atomic E-state index is 13.4. The summed E-state index contributed by atoms with van der Waals surface area (Å²) in [5, 5.41) is 12.0. The Kier molecular flexibility index (Phi) is 6.04. The lowest BCUT2D eigenvalue weighted by atomic mass is 9.94. The van der Waals surface area contributed by atoms with Gasteiger partial charge in [-0.2, -0.15) is 10.2 Å². The number of aromatic nitrogens is 5. The van der Waals surface area contributed by atoms with Gasteiger partial charge in [0.15, 0.2) is 5.78 Å². The fourth-order valence-electron chi connectivity index (χ4n) is 4.63. The van der Waals surface area contributed by atoms with Crippen molar-refractivity contribution >= 4 is 22.6 Å². The predicted octanol–water partition coefficient (Wildman–Crippen LogP) is 3.22. The number of hydrogen-bond donors (Lipinski definition) is 1. The van der Waals surface area contributed by atoms with Gasteiger partial charge in [-0.3, -0.25) is 14.3 Å². The Bertz CT molecular complexity index is 1720. The first-order chi connectivity index (χ1) is 17.8. The molecular weight excluding hydrogens is 468 g/mol. The number of benzene rings is 3. The normalized spacial score (nSPS) is 11.1. The van der Waals surface area contributed by atoms with Crippen molar-refractivity contribution in [3.8, 4) is 16.8 Å². The molecule has 2 heterocycles. The Morgan fingerprint density at radius 2 is 1.73 bits per heavy atom. The van der Waals surface area contributed by atoms with Crippen molar-refractivity contribution in [2.75, 3.05) is 7.05 Å². The molecule has 0 aliphatic heterocycles. The number of hydrogen-bond acceptors (Lipinski definition) is 5. The van der Waals surface area contributed by atoms with Crippen LogP contribution in [0.15, 0.2) is 71.8 Å². The molecule has 2 aromatic heterocycles. The van der Waals surface area contributed by atoms with E-state index in [-0.39, 0.29) is 23.8 Å². The van der Waals surface area contributed by atoms with Crippen molar-refractivity contribution in [2.45, 2.75) is 13.3 Å². The number of fused-ring (bicyclic) bond motifs is 1. The lowest BCUT2D eigenvalue weighted by molar-refractivity contribution is 0.0958. The van der Waals surface area contributed by atoms with Gasteiger partial charge in [-0.05, 0) is 59.5 Å². The van der Waals surface area contributed by atoms with E-state index in [4.69, 9.17) is 0 Å². The molecule has 37 heavy (non-hydrogen) atoms. The van der Waals surface area contributed by atoms with Crippen molar-refractivity contribution in [3.05, 3.63) is 99.9 Å². The van der Waals surface area contributed by atoms with E-state index < -0.39 is 0 Å². The van der Waals surface area contributed by atoms with Crippen LogP contribution in [0.2, 0.25) is 0 Å². The van der Waals surface area contributed by atoms with Crippen LogP contribution < -0.4 is 11.0 Å². The molecule has 0 aliphatic carbocycles. The summed E-state index contributed by atoms with van der Waals surface area (Å²) in [5.41, 5.74) is 5.90. The second-order valence-electron chi connectivity index (χ2n) is 8.94. The SMILES string of the molecule is CNC(=O)c1cccc(CC(=O)c2nn(C)c3ccc(-c4ccc(-n5cnn(C)c5=O)cc4)c(C)c23)c1. The van der Waals surface area contributed by atoms with E-state index in [9.17, 15) is 14.4 Å². The average Bonchev–Trinajstić information content (AvgIpc) is 3.43. The van der Waals surface area contributed by atoms with Crippen LogP contribution in [0.4, 0.5) is 0 Å². The molecule has 5 aromatic rings. The molecule has 0 saturated heterocycles. The number of carbonyl (C=O) groups excluding carboxylic acids is 2. The van der Waals surface area contributed by atoms with Gasteiger partial charge in [0.1, 0.15) is 12.0 Å². The first kappa shape index (κ1) is 23.9. The largest absolute Gasteiger partial charge is 0.355 e. The number of aryl methyl sites for hydroxylation is 3. The molecule has 1 N–H and O–H groups in total. The van der Waals surface area contributed by atoms with E-state index in [2.05, 4.69) is 15.5 Å². The van der Waals surface area contributed by atoms with Crippen LogP contribution in [0.25, 0.3) is 27.7 Å². The number of ketones is 1. The Morgan fingerprint density at radius 1 is 0.973 bits per heavy atom. The topological polar surface area (TPSA) is 104 Å². The van der Waals surface area contributed by atoms with Gasteiger partial charge in [0.05, 0.1) is 11.2 Å². The standard InChI is InChI=1S/C28H26N6O3/c1-17-22(19-8-10-21(11-9-19)34-16-30-33(4)28(34)37)12-13-23-25(17)26(31-32(23)3)24(35)15-18-6-5-7-20(14-18)27(36)29-2/h5-14,16H,15H2,1-4H3,(H,29,36). The Labute approximate surface area is 213 Å². The summed E-state index contributed by atoms with van der Waals surface area (Å²) in [6.45, 7) is 1.99. The summed E-state index contributed by atoms with van der Waals surface area (Å²) in [6, 6.07) is 18.7. The molecule has 0 aliphatic rings. The highest BCUT2D eigenvalue weighted by Crippen LogP contribution is 2.32. The van der Waals surface area contributed by atoms with Gasteiger partial charge in [-0.25, -0.2) is 14.0 Å². The van der Waals surface area contributed by atoms with Crippen LogP contribution in [-0.4, -0.2) is 42.9 Å². The fraction of sp³-hybridized carbons (Fsp3) is 0.179. The van der Waals surface area contributed by atoms with Crippen molar-refractivity contribution in [3.63, 3.8) is 0 Å². The molecule has 9 heteroatoms. The van der Waals surface area contributed by atoms with E-state index in [1.54, 1.807) is 37.0 Å². The second-order valence-corrected chi connectivity index (χ2v) is 8.94. The van der Waals surface area contributed by atoms with Crippen molar-refractivity contribution < 1.29 is 9.59 Å². The number of Topliss-reactive ketones (excluding diaryl/α,β-unsaturated/α-hetero) is 1. The zero-order valence-corrected chi connectivity index (χ0v) is 21.0. The van der Waals surface area contributed by atoms with Crippen molar-refractivity contribution in [1.29, 1.82) is 0 Å². The highest BCUT2D eigenvalue weighted by atomic mass is 16.2. The van der Waals surface area contributed by atoms with Gasteiger partial charge in [-0.15, -0.1) is 0 Å². The summed E-state index contributed by atoms with van der Waals surface area (Å²) >= 11 is 0. The van der Waals surface area contributed by atoms with Crippen molar-refractivity contribution in [2.24, 2.45) is 14.1 Å². The molecule has 0 fully saturated rings. The maximum Gasteiger partial charge on any atom is 0.350 e. The average molecular weight is 495 g/mol. The zero-order chi connectivity index (χ0) is 26.3. The van der Waals surface area contributed by atoms with Crippen LogP contribution in [0.1, 0.15) is 32.0 Å². The van der Waals surface area contributed by atoms with E-state index in [1.807, 2.05) is 56.4 Å². The maximum atomic E-state index is 13.4. The molecule has 0 unspecified atom stereocenters. The van der Waals surface area contributed by atoms with E-state index in [0.29, 0.717) is 11.3 Å². The fourth-order valence-corrected chi connectivity index (χ4v) is 4.63. The first-order valence-corrected chi connectivity index (χ1v) is 11.8. The van der Waals surface area contributed by atoms with Crippen LogP contribution in [0, 0.1) is 6.92 Å². The highest BCUT2D eigenvalue weighted by Gasteiger charge is 2.20. The molecule has 1 amide bonds. The Hall–Kier alpha value is -4.79. The summed E-state index contributed by atoms with van der Waals surface area (Å²) in [5.74, 6) is -0.316. The quantitative estimate of drug-likeness (QED) is 0.365. The number of carbonyl (C=O) groups is 2. The second kappa shape index (κ2) is 9.34. The van der Waals surface area contributed by atoms with E-state index in [1.165, 1.54) is 15.6 Å². The monoisotopic (exact) mass is 494 g/mol. The van der Waals surface area contributed by atoms with Gasteiger partial charge in [0, 0.05) is 38.5 Å². The van der Waals surface area contributed by atoms with Crippen molar-refractivity contribution in [1.82, 2.24) is 29.4 Å². The molecule has 0 saturated carbocycles. The third kappa shape index (κ3) is 4.24. The first-order valence-electron chi connectivity index (χ1n) is 11.8. The molecule has 0 atom stereocenters. The minimum Gasteiger partial charge on any atom is -0.355 e. The van der Waals surface area contributed by atoms with E-state index >= 15 is 0 Å². The third-order valence-electron chi connectivity index (χ3n) is 6.60. The molecule has 186 valence electrons. The van der Waals surface area contributed by atoms with Gasteiger partial charge in [-0.1, -0.05) is 30.3 Å².